The lowest BCUT2D eigenvalue weighted by Crippen LogP contribution is -2.02. The Kier molecular flexibility index (Phi) is 0.717. The molecule has 3 aliphatic carbocycles. The third-order valence-corrected chi connectivity index (χ3v) is 3.85. The lowest BCUT2D eigenvalue weighted by Gasteiger charge is -2.10. The molecule has 0 spiro atoms. The van der Waals surface area contributed by atoms with E-state index in [0.717, 1.165) is 0 Å². The average molecular weight is 122 g/mol. The van der Waals surface area contributed by atoms with Crippen molar-refractivity contribution in [3.8, 4) is 0 Å². The van der Waals surface area contributed by atoms with Gasteiger partial charge in [-0.1, -0.05) is 12.8 Å². The summed E-state index contributed by atoms with van der Waals surface area (Å²) in [5, 5.41) is 0. The quantitative estimate of drug-likeness (QED) is 0.463. The molecule has 3 saturated carbocycles. The van der Waals surface area contributed by atoms with Gasteiger partial charge in [0.25, 0.3) is 0 Å². The smallest absolute Gasteiger partial charge is 0.0352 e. The first-order valence-corrected chi connectivity index (χ1v) is 4.45. The van der Waals surface area contributed by atoms with Crippen molar-refractivity contribution >= 4 is 0 Å². The fourth-order valence-corrected chi connectivity index (χ4v) is 3.38. The van der Waals surface area contributed by atoms with Crippen LogP contribution in [0.3, 0.4) is 0 Å². The summed E-state index contributed by atoms with van der Waals surface area (Å²) in [5.41, 5.74) is 0. The molecule has 0 saturated heterocycles. The van der Waals surface area contributed by atoms with Gasteiger partial charge in [-0.25, -0.2) is 0 Å². The van der Waals surface area contributed by atoms with E-state index in [-0.39, 0.29) is 0 Å². The minimum absolute atomic E-state index is 1.20. The zero-order valence-corrected chi connectivity index (χ0v) is 5.84. The summed E-state index contributed by atoms with van der Waals surface area (Å²) >= 11 is 0. The van der Waals surface area contributed by atoms with Crippen molar-refractivity contribution in [2.75, 3.05) is 0 Å². The van der Waals surface area contributed by atoms with E-state index in [1.165, 1.54) is 23.7 Å². The lowest BCUT2D eigenvalue weighted by molar-refractivity contribution is 0.393. The first kappa shape index (κ1) is 4.76. The van der Waals surface area contributed by atoms with E-state index >= 15 is 0 Å². The monoisotopic (exact) mass is 122 g/mol. The van der Waals surface area contributed by atoms with Crippen LogP contribution in [0, 0.1) is 23.7 Å². The Morgan fingerprint density at radius 3 is 2.67 bits per heavy atom. The zero-order chi connectivity index (χ0) is 5.84. The van der Waals surface area contributed by atoms with E-state index in [2.05, 4.69) is 0 Å². The molecule has 3 rings (SSSR count). The first-order chi connectivity index (χ1) is 4.45. The van der Waals surface area contributed by atoms with E-state index in [0.29, 0.717) is 0 Å². The predicted octanol–water partition coefficient (Wildman–Crippen LogP) is 2.44. The molecule has 3 fully saturated rings. The molecule has 0 aromatic rings. The second-order valence-corrected chi connectivity index (χ2v) is 4.25. The minimum Gasteiger partial charge on any atom is -0.0527 e. The average Bonchev–Trinajstić information content (AvgIpc) is 2.38. The molecule has 0 aromatic carbocycles. The van der Waals surface area contributed by atoms with Crippen LogP contribution in [0.25, 0.3) is 0 Å². The lowest BCUT2D eigenvalue weighted by atomic mass is 9.95. The number of fused-ring (bicyclic) bond motifs is 3. The fourth-order valence-electron chi connectivity index (χ4n) is 3.38. The van der Waals surface area contributed by atoms with Crippen LogP contribution < -0.4 is 0 Å². The largest absolute Gasteiger partial charge is 0.0527 e. The minimum atomic E-state index is 1.20. The molecule has 0 unspecified atom stereocenters. The topological polar surface area (TPSA) is 0 Å². The number of hydrogen-bond donors (Lipinski definition) is 0. The van der Waals surface area contributed by atoms with Crippen LogP contribution in [0.1, 0.15) is 32.1 Å². The molecule has 0 aromatic heterocycles. The Labute approximate surface area is 56.6 Å². The molecule has 0 heteroatoms. The SMILES string of the molecule is C1C[C@H]2C[C@H]3C[C@H]3[C@H]2C1. The van der Waals surface area contributed by atoms with Gasteiger partial charge in [-0.2, -0.15) is 0 Å². The maximum atomic E-state index is 1.62. The third kappa shape index (κ3) is 0.500. The highest BCUT2D eigenvalue weighted by molar-refractivity contribution is 5.03. The van der Waals surface area contributed by atoms with Crippen LogP contribution in [0.4, 0.5) is 0 Å². The van der Waals surface area contributed by atoms with Crippen LogP contribution in [-0.4, -0.2) is 0 Å². The van der Waals surface area contributed by atoms with Crippen LogP contribution in [0.15, 0.2) is 0 Å². The molecule has 0 aliphatic heterocycles. The van der Waals surface area contributed by atoms with E-state index < -0.39 is 0 Å². The summed E-state index contributed by atoms with van der Waals surface area (Å²) in [4.78, 5) is 0. The molecular weight excluding hydrogens is 108 g/mol. The summed E-state index contributed by atoms with van der Waals surface area (Å²) in [6, 6.07) is 0. The van der Waals surface area contributed by atoms with Crippen molar-refractivity contribution in [2.24, 2.45) is 23.7 Å². The maximum Gasteiger partial charge on any atom is -0.0352 e. The molecule has 0 radical (unpaired) electrons. The van der Waals surface area contributed by atoms with E-state index in [4.69, 9.17) is 0 Å². The molecule has 0 heterocycles. The normalized spacial score (nSPS) is 61.3. The molecule has 0 bridgehead atoms. The Morgan fingerprint density at radius 1 is 0.778 bits per heavy atom. The maximum absolute atomic E-state index is 1.62. The van der Waals surface area contributed by atoms with Gasteiger partial charge in [0.2, 0.25) is 0 Å². The van der Waals surface area contributed by atoms with Crippen molar-refractivity contribution in [3.63, 3.8) is 0 Å². The third-order valence-electron chi connectivity index (χ3n) is 3.85. The zero-order valence-electron chi connectivity index (χ0n) is 5.84. The highest BCUT2D eigenvalue weighted by Gasteiger charge is 2.54. The molecular formula is C9H14. The summed E-state index contributed by atoms with van der Waals surface area (Å²) in [6.07, 6.45) is 7.96. The second-order valence-electron chi connectivity index (χ2n) is 4.25. The van der Waals surface area contributed by atoms with Gasteiger partial charge in [0, 0.05) is 0 Å². The van der Waals surface area contributed by atoms with Gasteiger partial charge in [0.15, 0.2) is 0 Å². The Morgan fingerprint density at radius 2 is 1.78 bits per heavy atom. The summed E-state index contributed by atoms with van der Waals surface area (Å²) in [5.74, 6) is 4.88. The Balaban J connectivity index is 1.88. The highest BCUT2D eigenvalue weighted by atomic mass is 14.6. The summed E-state index contributed by atoms with van der Waals surface area (Å²) in [7, 11) is 0. The van der Waals surface area contributed by atoms with Crippen molar-refractivity contribution < 1.29 is 0 Å². The van der Waals surface area contributed by atoms with Gasteiger partial charge in [-0.05, 0) is 42.9 Å². The first-order valence-electron chi connectivity index (χ1n) is 4.45. The van der Waals surface area contributed by atoms with E-state index in [1.54, 1.807) is 32.1 Å². The fraction of sp³-hybridized carbons (Fsp3) is 1.00. The second kappa shape index (κ2) is 1.36. The molecule has 0 nitrogen and oxygen atoms in total. The highest BCUT2D eigenvalue weighted by Crippen LogP contribution is 2.62. The predicted molar refractivity (Wildman–Crippen MR) is 37.0 cm³/mol. The molecule has 50 valence electrons. The van der Waals surface area contributed by atoms with Crippen molar-refractivity contribution in [1.82, 2.24) is 0 Å². The molecule has 9 heavy (non-hydrogen) atoms. The standard InChI is InChI=1S/C9H14/c1-2-6-4-7-5-9(7)8(6)3-1/h6-9H,1-5H2/t6-,7-,8-,9+/m0/s1. The van der Waals surface area contributed by atoms with Crippen LogP contribution in [0.2, 0.25) is 0 Å². The van der Waals surface area contributed by atoms with Crippen molar-refractivity contribution in [2.45, 2.75) is 32.1 Å². The van der Waals surface area contributed by atoms with Gasteiger partial charge in [0.1, 0.15) is 0 Å². The molecule has 0 N–H and O–H groups in total. The van der Waals surface area contributed by atoms with Crippen molar-refractivity contribution in [3.05, 3.63) is 0 Å². The summed E-state index contributed by atoms with van der Waals surface area (Å²) in [6.45, 7) is 0. The van der Waals surface area contributed by atoms with Crippen LogP contribution >= 0.6 is 0 Å². The van der Waals surface area contributed by atoms with Gasteiger partial charge in [0.05, 0.1) is 0 Å². The van der Waals surface area contributed by atoms with Crippen LogP contribution in [-0.2, 0) is 0 Å². The van der Waals surface area contributed by atoms with Gasteiger partial charge in [-0.15, -0.1) is 0 Å². The van der Waals surface area contributed by atoms with E-state index in [9.17, 15) is 0 Å². The summed E-state index contributed by atoms with van der Waals surface area (Å²) < 4.78 is 0. The molecule has 3 aliphatic rings. The number of rotatable bonds is 0. The Bertz CT molecular complexity index is 139. The van der Waals surface area contributed by atoms with Crippen molar-refractivity contribution in [1.29, 1.82) is 0 Å². The van der Waals surface area contributed by atoms with Gasteiger partial charge >= 0.3 is 0 Å². The van der Waals surface area contributed by atoms with Gasteiger partial charge in [-0.3, -0.25) is 0 Å². The van der Waals surface area contributed by atoms with Crippen LogP contribution in [0.5, 0.6) is 0 Å². The molecule has 4 atom stereocenters. The van der Waals surface area contributed by atoms with Gasteiger partial charge < -0.3 is 0 Å². The molecule has 0 amide bonds. The Hall–Kier alpha value is 0. The van der Waals surface area contributed by atoms with E-state index in [1.807, 2.05) is 0 Å². The number of hydrogen-bond acceptors (Lipinski definition) is 0.